The van der Waals surface area contributed by atoms with Crippen molar-refractivity contribution in [3.05, 3.63) is 6.20 Å². The summed E-state index contributed by atoms with van der Waals surface area (Å²) in [6.07, 6.45) is 4.34. The molecule has 4 nitrogen and oxygen atoms in total. The van der Waals surface area contributed by atoms with Gasteiger partial charge in [0.2, 0.25) is 0 Å². The fraction of sp³-hybridized carbons (Fsp3) is 0.667. The Morgan fingerprint density at radius 1 is 1.40 bits per heavy atom. The van der Waals surface area contributed by atoms with Crippen LogP contribution >= 0.6 is 0 Å². The Labute approximate surface area is 59.2 Å². The molecule has 0 saturated carbocycles. The molecule has 1 fully saturated rings. The van der Waals surface area contributed by atoms with Crippen LogP contribution in [-0.4, -0.2) is 28.5 Å². The van der Waals surface area contributed by atoms with E-state index >= 15 is 0 Å². The largest absolute Gasteiger partial charge is 0.354 e. The maximum absolute atomic E-state index is 3.99. The van der Waals surface area contributed by atoms with Gasteiger partial charge in [-0.1, -0.05) is 0 Å². The quantitative estimate of drug-likeness (QED) is 0.611. The molecular weight excluding hydrogens is 128 g/mol. The first-order valence-electron chi connectivity index (χ1n) is 3.57. The maximum Gasteiger partial charge on any atom is 0.170 e. The average molecular weight is 138 g/mol. The summed E-state index contributed by atoms with van der Waals surface area (Å²) in [5.41, 5.74) is 0. The maximum atomic E-state index is 3.99. The van der Waals surface area contributed by atoms with Crippen LogP contribution in [0.5, 0.6) is 0 Å². The van der Waals surface area contributed by atoms with Crippen molar-refractivity contribution in [3.63, 3.8) is 0 Å². The average Bonchev–Trinajstić information content (AvgIpc) is 2.59. The smallest absolute Gasteiger partial charge is 0.170 e. The molecule has 0 atom stereocenters. The number of nitrogens with zero attached hydrogens (tertiary/aromatic N) is 3. The van der Waals surface area contributed by atoms with Gasteiger partial charge in [-0.05, 0) is 12.8 Å². The normalized spacial score (nSPS) is 18.2. The zero-order valence-electron chi connectivity index (χ0n) is 5.75. The molecule has 4 heteroatoms. The number of aromatic amines is 1. The minimum Gasteiger partial charge on any atom is -0.354 e. The molecule has 1 N–H and O–H groups in total. The standard InChI is InChI=1S/C6H10N4/c1-2-4-10(3-1)6-5-7-9-8-6/h5H,1-4H2,(H,7,8,9). The van der Waals surface area contributed by atoms with Gasteiger partial charge in [-0.3, -0.25) is 0 Å². The van der Waals surface area contributed by atoms with Gasteiger partial charge >= 0.3 is 0 Å². The Balaban J connectivity index is 2.12. The van der Waals surface area contributed by atoms with Crippen LogP contribution in [0.25, 0.3) is 0 Å². The van der Waals surface area contributed by atoms with Gasteiger partial charge in [-0.15, -0.1) is 5.10 Å². The molecule has 0 spiro atoms. The van der Waals surface area contributed by atoms with E-state index in [2.05, 4.69) is 20.3 Å². The van der Waals surface area contributed by atoms with Crippen LogP contribution in [0.1, 0.15) is 12.8 Å². The lowest BCUT2D eigenvalue weighted by Gasteiger charge is -2.11. The molecule has 0 aromatic carbocycles. The van der Waals surface area contributed by atoms with Gasteiger partial charge in [0.15, 0.2) is 5.82 Å². The molecule has 54 valence electrons. The molecule has 0 bridgehead atoms. The van der Waals surface area contributed by atoms with E-state index in [1.807, 2.05) is 0 Å². The topological polar surface area (TPSA) is 44.8 Å². The van der Waals surface area contributed by atoms with Crippen LogP contribution in [0.2, 0.25) is 0 Å². The summed E-state index contributed by atoms with van der Waals surface area (Å²) in [6.45, 7) is 2.26. The van der Waals surface area contributed by atoms with Crippen LogP contribution in [-0.2, 0) is 0 Å². The summed E-state index contributed by atoms with van der Waals surface area (Å²) < 4.78 is 0. The molecule has 1 aliphatic heterocycles. The Kier molecular flexibility index (Phi) is 1.30. The van der Waals surface area contributed by atoms with Gasteiger partial charge in [-0.2, -0.15) is 10.3 Å². The molecular formula is C6H10N4. The molecule has 0 unspecified atom stereocenters. The van der Waals surface area contributed by atoms with Crippen LogP contribution in [0.15, 0.2) is 6.20 Å². The second-order valence-electron chi connectivity index (χ2n) is 2.52. The molecule has 2 heterocycles. The predicted molar refractivity (Wildman–Crippen MR) is 37.8 cm³/mol. The highest BCUT2D eigenvalue weighted by Gasteiger charge is 2.13. The van der Waals surface area contributed by atoms with Crippen molar-refractivity contribution in [2.45, 2.75) is 12.8 Å². The second-order valence-corrected chi connectivity index (χ2v) is 2.52. The molecule has 2 rings (SSSR count). The summed E-state index contributed by atoms with van der Waals surface area (Å²) in [4.78, 5) is 2.24. The first-order chi connectivity index (χ1) is 4.97. The van der Waals surface area contributed by atoms with Crippen molar-refractivity contribution in [1.82, 2.24) is 15.4 Å². The van der Waals surface area contributed by atoms with Gasteiger partial charge in [0, 0.05) is 13.1 Å². The van der Waals surface area contributed by atoms with E-state index in [9.17, 15) is 0 Å². The Hall–Kier alpha value is -1.06. The number of aromatic nitrogens is 3. The number of H-pyrrole nitrogens is 1. The predicted octanol–water partition coefficient (Wildman–Crippen LogP) is 0.405. The molecule has 1 aliphatic rings. The minimum atomic E-state index is 0.984. The van der Waals surface area contributed by atoms with E-state index in [0.29, 0.717) is 0 Å². The van der Waals surface area contributed by atoms with Gasteiger partial charge in [-0.25, -0.2) is 0 Å². The van der Waals surface area contributed by atoms with Crippen molar-refractivity contribution in [2.75, 3.05) is 18.0 Å². The van der Waals surface area contributed by atoms with E-state index in [0.717, 1.165) is 18.9 Å². The lowest BCUT2D eigenvalue weighted by Crippen LogP contribution is -2.17. The summed E-state index contributed by atoms with van der Waals surface area (Å²) in [5, 5.41) is 10.3. The summed E-state index contributed by atoms with van der Waals surface area (Å²) in [6, 6.07) is 0. The molecule has 0 aliphatic carbocycles. The highest BCUT2D eigenvalue weighted by Crippen LogP contribution is 2.14. The van der Waals surface area contributed by atoms with Crippen LogP contribution in [0.4, 0.5) is 5.82 Å². The summed E-state index contributed by atoms with van der Waals surface area (Å²) in [5.74, 6) is 0.984. The highest BCUT2D eigenvalue weighted by molar-refractivity contribution is 5.34. The zero-order valence-corrected chi connectivity index (χ0v) is 5.75. The van der Waals surface area contributed by atoms with Crippen LogP contribution in [0.3, 0.4) is 0 Å². The van der Waals surface area contributed by atoms with E-state index in [1.54, 1.807) is 6.20 Å². The van der Waals surface area contributed by atoms with Gasteiger partial charge in [0.1, 0.15) is 0 Å². The number of hydrogen-bond donors (Lipinski definition) is 1. The monoisotopic (exact) mass is 138 g/mol. The third-order valence-electron chi connectivity index (χ3n) is 1.83. The van der Waals surface area contributed by atoms with E-state index in [4.69, 9.17) is 0 Å². The highest BCUT2D eigenvalue weighted by atomic mass is 15.4. The van der Waals surface area contributed by atoms with Crippen molar-refractivity contribution >= 4 is 5.82 Å². The molecule has 0 radical (unpaired) electrons. The fourth-order valence-corrected chi connectivity index (χ4v) is 1.29. The minimum absolute atomic E-state index is 0.984. The first-order valence-corrected chi connectivity index (χ1v) is 3.57. The molecule has 0 amide bonds. The van der Waals surface area contributed by atoms with Crippen LogP contribution < -0.4 is 4.90 Å². The summed E-state index contributed by atoms with van der Waals surface area (Å²) in [7, 11) is 0. The van der Waals surface area contributed by atoms with Crippen LogP contribution in [0, 0.1) is 0 Å². The molecule has 1 saturated heterocycles. The van der Waals surface area contributed by atoms with Gasteiger partial charge in [0.25, 0.3) is 0 Å². The van der Waals surface area contributed by atoms with Crippen molar-refractivity contribution in [3.8, 4) is 0 Å². The van der Waals surface area contributed by atoms with E-state index in [-0.39, 0.29) is 0 Å². The Bertz CT molecular complexity index is 188. The second kappa shape index (κ2) is 2.28. The Morgan fingerprint density at radius 2 is 2.20 bits per heavy atom. The first kappa shape index (κ1) is 5.70. The molecule has 1 aromatic rings. The third kappa shape index (κ3) is 0.853. The van der Waals surface area contributed by atoms with Crippen molar-refractivity contribution in [1.29, 1.82) is 0 Å². The van der Waals surface area contributed by atoms with E-state index < -0.39 is 0 Å². The lowest BCUT2D eigenvalue weighted by atomic mass is 10.4. The van der Waals surface area contributed by atoms with Gasteiger partial charge < -0.3 is 4.90 Å². The van der Waals surface area contributed by atoms with Crippen molar-refractivity contribution < 1.29 is 0 Å². The molecule has 1 aromatic heterocycles. The number of rotatable bonds is 1. The number of nitrogens with one attached hydrogen (secondary N) is 1. The van der Waals surface area contributed by atoms with E-state index in [1.165, 1.54) is 12.8 Å². The number of anilines is 1. The van der Waals surface area contributed by atoms with Gasteiger partial charge in [0.05, 0.1) is 6.20 Å². The zero-order chi connectivity index (χ0) is 6.81. The third-order valence-corrected chi connectivity index (χ3v) is 1.83. The SMILES string of the molecule is c1n[nH]nc1N1CCCC1. The fourth-order valence-electron chi connectivity index (χ4n) is 1.29. The number of hydrogen-bond acceptors (Lipinski definition) is 3. The lowest BCUT2D eigenvalue weighted by molar-refractivity contribution is 0.895. The van der Waals surface area contributed by atoms with Crippen molar-refractivity contribution in [2.24, 2.45) is 0 Å². The molecule has 10 heavy (non-hydrogen) atoms. The Morgan fingerprint density at radius 3 is 2.80 bits per heavy atom. The summed E-state index contributed by atoms with van der Waals surface area (Å²) >= 11 is 0.